The summed E-state index contributed by atoms with van der Waals surface area (Å²) < 4.78 is 5.30. The highest BCUT2D eigenvalue weighted by molar-refractivity contribution is 5.77. The molecule has 1 amide bonds. The second kappa shape index (κ2) is 7.04. The molecule has 0 spiro atoms. The van der Waals surface area contributed by atoms with Crippen LogP contribution in [0, 0.1) is 5.92 Å². The number of ether oxygens (including phenoxy) is 1. The Labute approximate surface area is 110 Å². The predicted molar refractivity (Wildman–Crippen MR) is 73.9 cm³/mol. The topological polar surface area (TPSA) is 38.3 Å². The Morgan fingerprint density at radius 1 is 1.39 bits per heavy atom. The molecular weight excluding hydrogens is 226 g/mol. The minimum absolute atomic E-state index is 0.0482. The molecule has 1 aromatic carbocycles. The van der Waals surface area contributed by atoms with Crippen LogP contribution in [0.5, 0.6) is 5.75 Å². The SMILES string of the molecule is CCc1cc(CCNC(=O)C(C)C)ccc1OC. The Bertz CT molecular complexity index is 399. The normalized spacial score (nSPS) is 10.5. The maximum absolute atomic E-state index is 11.4. The van der Waals surface area contributed by atoms with Crippen molar-refractivity contribution in [3.05, 3.63) is 29.3 Å². The second-order valence-corrected chi connectivity index (χ2v) is 4.70. The minimum atomic E-state index is 0.0482. The molecule has 0 unspecified atom stereocenters. The Morgan fingerprint density at radius 2 is 2.11 bits per heavy atom. The molecule has 0 fully saturated rings. The number of hydrogen-bond donors (Lipinski definition) is 1. The number of hydrogen-bond acceptors (Lipinski definition) is 2. The molecule has 0 bridgehead atoms. The Hall–Kier alpha value is -1.51. The molecule has 0 aliphatic rings. The molecule has 1 rings (SSSR count). The number of benzene rings is 1. The molecule has 100 valence electrons. The van der Waals surface area contributed by atoms with Crippen molar-refractivity contribution < 1.29 is 9.53 Å². The number of nitrogens with one attached hydrogen (secondary N) is 1. The monoisotopic (exact) mass is 249 g/mol. The van der Waals surface area contributed by atoms with Gasteiger partial charge in [-0.25, -0.2) is 0 Å². The van der Waals surface area contributed by atoms with E-state index in [0.717, 1.165) is 18.6 Å². The molecule has 0 saturated heterocycles. The Kier molecular flexibility index (Phi) is 5.69. The molecule has 1 aromatic rings. The summed E-state index contributed by atoms with van der Waals surface area (Å²) in [6.45, 7) is 6.60. The molecule has 0 radical (unpaired) electrons. The van der Waals surface area contributed by atoms with E-state index in [4.69, 9.17) is 4.74 Å². The zero-order valence-electron chi connectivity index (χ0n) is 11.7. The van der Waals surface area contributed by atoms with Crippen LogP contribution in [0.1, 0.15) is 31.9 Å². The van der Waals surface area contributed by atoms with Crippen LogP contribution in [0.15, 0.2) is 18.2 Å². The van der Waals surface area contributed by atoms with Crippen LogP contribution >= 0.6 is 0 Å². The van der Waals surface area contributed by atoms with Crippen LogP contribution in [-0.2, 0) is 17.6 Å². The van der Waals surface area contributed by atoms with E-state index in [0.29, 0.717) is 6.54 Å². The summed E-state index contributed by atoms with van der Waals surface area (Å²) in [5.74, 6) is 1.10. The maximum atomic E-state index is 11.4. The van der Waals surface area contributed by atoms with Gasteiger partial charge in [0.05, 0.1) is 7.11 Å². The molecule has 0 aromatic heterocycles. The lowest BCUT2D eigenvalue weighted by Crippen LogP contribution is -2.29. The van der Waals surface area contributed by atoms with Gasteiger partial charge in [0, 0.05) is 12.5 Å². The van der Waals surface area contributed by atoms with Gasteiger partial charge >= 0.3 is 0 Å². The average molecular weight is 249 g/mol. The van der Waals surface area contributed by atoms with Crippen molar-refractivity contribution in [2.24, 2.45) is 5.92 Å². The molecule has 0 heterocycles. The fraction of sp³-hybridized carbons (Fsp3) is 0.533. The maximum Gasteiger partial charge on any atom is 0.222 e. The third-order valence-electron chi connectivity index (χ3n) is 2.96. The zero-order chi connectivity index (χ0) is 13.5. The molecule has 3 heteroatoms. The summed E-state index contributed by atoms with van der Waals surface area (Å²) >= 11 is 0. The van der Waals surface area contributed by atoms with Crippen molar-refractivity contribution in [3.63, 3.8) is 0 Å². The van der Waals surface area contributed by atoms with Crippen LogP contribution in [0.4, 0.5) is 0 Å². The van der Waals surface area contributed by atoms with E-state index < -0.39 is 0 Å². The lowest BCUT2D eigenvalue weighted by Gasteiger charge is -2.10. The van der Waals surface area contributed by atoms with E-state index in [2.05, 4.69) is 24.4 Å². The van der Waals surface area contributed by atoms with E-state index in [1.54, 1.807) is 7.11 Å². The van der Waals surface area contributed by atoms with Gasteiger partial charge in [0.1, 0.15) is 5.75 Å². The van der Waals surface area contributed by atoms with E-state index in [-0.39, 0.29) is 11.8 Å². The number of carbonyl (C=O) groups excluding carboxylic acids is 1. The number of rotatable bonds is 6. The summed E-state index contributed by atoms with van der Waals surface area (Å²) in [6.07, 6.45) is 1.81. The number of carbonyl (C=O) groups is 1. The summed E-state index contributed by atoms with van der Waals surface area (Å²) in [4.78, 5) is 11.4. The highest BCUT2D eigenvalue weighted by Crippen LogP contribution is 2.20. The van der Waals surface area contributed by atoms with Crippen molar-refractivity contribution in [2.75, 3.05) is 13.7 Å². The van der Waals surface area contributed by atoms with Gasteiger partial charge in [-0.2, -0.15) is 0 Å². The van der Waals surface area contributed by atoms with E-state index in [1.807, 2.05) is 19.9 Å². The van der Waals surface area contributed by atoms with E-state index >= 15 is 0 Å². The molecule has 18 heavy (non-hydrogen) atoms. The van der Waals surface area contributed by atoms with Gasteiger partial charge in [-0.1, -0.05) is 32.9 Å². The Morgan fingerprint density at radius 3 is 2.67 bits per heavy atom. The molecule has 1 N–H and O–H groups in total. The van der Waals surface area contributed by atoms with Crippen LogP contribution in [0.3, 0.4) is 0 Å². The van der Waals surface area contributed by atoms with Crippen LogP contribution in [-0.4, -0.2) is 19.6 Å². The van der Waals surface area contributed by atoms with Crippen LogP contribution in [0.2, 0.25) is 0 Å². The van der Waals surface area contributed by atoms with Gasteiger partial charge < -0.3 is 10.1 Å². The summed E-state index contributed by atoms with van der Waals surface area (Å²) in [5.41, 5.74) is 2.45. The Balaban J connectivity index is 2.55. The fourth-order valence-corrected chi connectivity index (χ4v) is 1.80. The molecule has 3 nitrogen and oxygen atoms in total. The number of aryl methyl sites for hydroxylation is 1. The van der Waals surface area contributed by atoms with Crippen molar-refractivity contribution in [2.45, 2.75) is 33.6 Å². The van der Waals surface area contributed by atoms with Gasteiger partial charge in [0.25, 0.3) is 0 Å². The first-order valence-electron chi connectivity index (χ1n) is 6.52. The van der Waals surface area contributed by atoms with Gasteiger partial charge in [0.15, 0.2) is 0 Å². The third kappa shape index (κ3) is 4.06. The van der Waals surface area contributed by atoms with Crippen LogP contribution in [0.25, 0.3) is 0 Å². The largest absolute Gasteiger partial charge is 0.496 e. The smallest absolute Gasteiger partial charge is 0.222 e. The van der Waals surface area contributed by atoms with Crippen LogP contribution < -0.4 is 10.1 Å². The molecule has 0 saturated carbocycles. The fourth-order valence-electron chi connectivity index (χ4n) is 1.80. The van der Waals surface area contributed by atoms with Gasteiger partial charge in [-0.15, -0.1) is 0 Å². The first-order chi connectivity index (χ1) is 8.58. The summed E-state index contributed by atoms with van der Waals surface area (Å²) in [7, 11) is 1.69. The molecule has 0 aliphatic heterocycles. The van der Waals surface area contributed by atoms with Crippen molar-refractivity contribution >= 4 is 5.91 Å². The third-order valence-corrected chi connectivity index (χ3v) is 2.96. The number of amides is 1. The number of methoxy groups -OCH3 is 1. The molecular formula is C15H23NO2. The van der Waals surface area contributed by atoms with Crippen molar-refractivity contribution in [3.8, 4) is 5.75 Å². The molecule has 0 atom stereocenters. The lowest BCUT2D eigenvalue weighted by atomic mass is 10.1. The molecule has 0 aliphatic carbocycles. The second-order valence-electron chi connectivity index (χ2n) is 4.70. The summed E-state index contributed by atoms with van der Waals surface area (Å²) in [6, 6.07) is 6.21. The quantitative estimate of drug-likeness (QED) is 0.841. The van der Waals surface area contributed by atoms with Gasteiger partial charge in [0.2, 0.25) is 5.91 Å². The summed E-state index contributed by atoms with van der Waals surface area (Å²) in [5, 5.41) is 2.93. The predicted octanol–water partition coefficient (Wildman–Crippen LogP) is 2.57. The van der Waals surface area contributed by atoms with E-state index in [1.165, 1.54) is 11.1 Å². The van der Waals surface area contributed by atoms with E-state index in [9.17, 15) is 4.79 Å². The van der Waals surface area contributed by atoms with Crippen molar-refractivity contribution in [1.29, 1.82) is 0 Å². The standard InChI is InChI=1S/C15H23NO2/c1-5-13-10-12(6-7-14(13)18-4)8-9-16-15(17)11(2)3/h6-7,10-11H,5,8-9H2,1-4H3,(H,16,17). The van der Waals surface area contributed by atoms with Gasteiger partial charge in [-0.3, -0.25) is 4.79 Å². The van der Waals surface area contributed by atoms with Gasteiger partial charge in [-0.05, 0) is 30.0 Å². The zero-order valence-corrected chi connectivity index (χ0v) is 11.7. The highest BCUT2D eigenvalue weighted by Gasteiger charge is 2.06. The van der Waals surface area contributed by atoms with Crippen molar-refractivity contribution in [1.82, 2.24) is 5.32 Å². The average Bonchev–Trinajstić information content (AvgIpc) is 2.38. The highest BCUT2D eigenvalue weighted by atomic mass is 16.5. The first-order valence-corrected chi connectivity index (χ1v) is 6.52. The minimum Gasteiger partial charge on any atom is -0.496 e. The first kappa shape index (κ1) is 14.6. The lowest BCUT2D eigenvalue weighted by molar-refractivity contribution is -0.123.